The van der Waals surface area contributed by atoms with E-state index in [4.69, 9.17) is 0 Å². The van der Waals surface area contributed by atoms with Crippen molar-refractivity contribution in [2.45, 2.75) is 42.9 Å². The summed E-state index contributed by atoms with van der Waals surface area (Å²) in [5.74, 6) is 0. The Morgan fingerprint density at radius 3 is 2.55 bits per heavy atom. The summed E-state index contributed by atoms with van der Waals surface area (Å²) in [6.45, 7) is 2.68. The van der Waals surface area contributed by atoms with Crippen LogP contribution in [0.3, 0.4) is 0 Å². The lowest BCUT2D eigenvalue weighted by atomic mass is 10.0. The summed E-state index contributed by atoms with van der Waals surface area (Å²) in [5, 5.41) is 3.14. The fourth-order valence-electron chi connectivity index (χ4n) is 2.18. The number of halogens is 4. The molecule has 2 atom stereocenters. The highest BCUT2D eigenvalue weighted by Crippen LogP contribution is 2.27. The number of sulfonamides is 1. The van der Waals surface area contributed by atoms with Crippen molar-refractivity contribution in [3.05, 3.63) is 24.0 Å². The summed E-state index contributed by atoms with van der Waals surface area (Å²) in [5.41, 5.74) is -1.12. The van der Waals surface area contributed by atoms with Crippen molar-refractivity contribution in [1.82, 2.24) is 15.0 Å². The van der Waals surface area contributed by atoms with Gasteiger partial charge in [-0.15, -0.1) is 12.4 Å². The van der Waals surface area contributed by atoms with Crippen LogP contribution in [-0.2, 0) is 16.2 Å². The lowest BCUT2D eigenvalue weighted by Crippen LogP contribution is -2.51. The fraction of sp³-hybridized carbons (Fsp3) is 0.583. The molecular weight excluding hydrogens is 343 g/mol. The largest absolute Gasteiger partial charge is 0.433 e. The number of nitrogens with one attached hydrogen (secondary N) is 2. The molecule has 0 aromatic carbocycles. The number of aromatic nitrogens is 1. The quantitative estimate of drug-likeness (QED) is 0.865. The molecule has 2 rings (SSSR count). The first-order chi connectivity index (χ1) is 9.70. The molecule has 0 bridgehead atoms. The first-order valence-corrected chi connectivity index (χ1v) is 7.97. The van der Waals surface area contributed by atoms with Crippen LogP contribution in [0, 0.1) is 0 Å². The number of nitrogens with zero attached hydrogens (tertiary/aromatic N) is 1. The zero-order valence-electron chi connectivity index (χ0n) is 11.7. The lowest BCUT2D eigenvalue weighted by molar-refractivity contribution is -0.141. The standard InChI is InChI=1S/C12H16F3N3O2S.ClH/c1-8-10(3-2-6-16-8)18-21(19,20)9-4-5-11(17-7-9)12(13,14)15;/h4-5,7-8,10,16,18H,2-3,6H2,1H3;1H. The Bertz CT molecular complexity index is 593. The van der Waals surface area contributed by atoms with Crippen LogP contribution in [-0.4, -0.2) is 32.0 Å². The van der Waals surface area contributed by atoms with E-state index in [0.717, 1.165) is 25.2 Å². The number of piperidine rings is 1. The van der Waals surface area contributed by atoms with Crippen molar-refractivity contribution in [3.63, 3.8) is 0 Å². The topological polar surface area (TPSA) is 71.1 Å². The molecule has 2 unspecified atom stereocenters. The summed E-state index contributed by atoms with van der Waals surface area (Å²) >= 11 is 0. The van der Waals surface area contributed by atoms with Gasteiger partial charge in [-0.05, 0) is 38.4 Å². The van der Waals surface area contributed by atoms with Gasteiger partial charge < -0.3 is 5.32 Å². The first kappa shape index (κ1) is 19.1. The second-order valence-corrected chi connectivity index (χ2v) is 6.70. The third kappa shape index (κ3) is 4.55. The van der Waals surface area contributed by atoms with E-state index in [1.54, 1.807) is 0 Å². The van der Waals surface area contributed by atoms with Gasteiger partial charge in [0.25, 0.3) is 0 Å². The molecule has 10 heteroatoms. The van der Waals surface area contributed by atoms with Gasteiger partial charge in [0.2, 0.25) is 10.0 Å². The molecule has 0 spiro atoms. The van der Waals surface area contributed by atoms with Crippen molar-refractivity contribution >= 4 is 22.4 Å². The van der Waals surface area contributed by atoms with Gasteiger partial charge in [0.05, 0.1) is 0 Å². The molecule has 0 amide bonds. The molecule has 1 saturated heterocycles. The second-order valence-electron chi connectivity index (χ2n) is 4.99. The Labute approximate surface area is 133 Å². The molecule has 1 fully saturated rings. The molecule has 22 heavy (non-hydrogen) atoms. The summed E-state index contributed by atoms with van der Waals surface area (Å²) in [4.78, 5) is 2.90. The molecule has 2 N–H and O–H groups in total. The van der Waals surface area contributed by atoms with Gasteiger partial charge in [0.1, 0.15) is 10.6 Å². The summed E-state index contributed by atoms with van der Waals surface area (Å²) in [7, 11) is -3.87. The molecule has 1 aliphatic heterocycles. The Kier molecular flexibility index (Phi) is 6.19. The maximum atomic E-state index is 12.4. The number of pyridine rings is 1. The van der Waals surface area contributed by atoms with Gasteiger partial charge >= 0.3 is 6.18 Å². The Hall–Kier alpha value is -0.900. The highest BCUT2D eigenvalue weighted by Gasteiger charge is 2.33. The molecule has 1 aromatic rings. The Morgan fingerprint density at radius 2 is 2.05 bits per heavy atom. The number of alkyl halides is 3. The zero-order chi connectivity index (χ0) is 15.7. The van der Waals surface area contributed by atoms with Gasteiger partial charge in [-0.1, -0.05) is 0 Å². The summed E-state index contributed by atoms with van der Waals surface area (Å²) in [6, 6.07) is 1.26. The third-order valence-corrected chi connectivity index (χ3v) is 4.88. The average Bonchev–Trinajstić information content (AvgIpc) is 2.40. The minimum absolute atomic E-state index is 0. The van der Waals surface area contributed by atoms with Crippen LogP contribution in [0.5, 0.6) is 0 Å². The van der Waals surface area contributed by atoms with Crippen LogP contribution in [0.15, 0.2) is 23.2 Å². The number of hydrogen-bond acceptors (Lipinski definition) is 4. The Balaban J connectivity index is 0.00000242. The van der Waals surface area contributed by atoms with E-state index in [1.807, 2.05) is 6.92 Å². The first-order valence-electron chi connectivity index (χ1n) is 6.49. The van der Waals surface area contributed by atoms with Crippen LogP contribution in [0.2, 0.25) is 0 Å². The van der Waals surface area contributed by atoms with Crippen LogP contribution in [0.25, 0.3) is 0 Å². The van der Waals surface area contributed by atoms with Gasteiger partial charge in [0, 0.05) is 18.3 Å². The van der Waals surface area contributed by atoms with E-state index in [1.165, 1.54) is 0 Å². The monoisotopic (exact) mass is 359 g/mol. The van der Waals surface area contributed by atoms with E-state index >= 15 is 0 Å². The predicted molar refractivity (Wildman–Crippen MR) is 77.3 cm³/mol. The fourth-order valence-corrected chi connectivity index (χ4v) is 3.47. The van der Waals surface area contributed by atoms with Crippen molar-refractivity contribution < 1.29 is 21.6 Å². The van der Waals surface area contributed by atoms with Crippen molar-refractivity contribution in [2.75, 3.05) is 6.54 Å². The molecule has 1 aliphatic rings. The maximum Gasteiger partial charge on any atom is 0.433 e. The van der Waals surface area contributed by atoms with Crippen molar-refractivity contribution in [1.29, 1.82) is 0 Å². The molecule has 0 saturated carbocycles. The normalized spacial score (nSPS) is 22.9. The molecule has 2 heterocycles. The zero-order valence-corrected chi connectivity index (χ0v) is 13.4. The third-order valence-electron chi connectivity index (χ3n) is 3.41. The molecule has 0 radical (unpaired) electrons. The molecular formula is C12H17ClF3N3O2S. The molecule has 1 aromatic heterocycles. The highest BCUT2D eigenvalue weighted by molar-refractivity contribution is 7.89. The smallest absolute Gasteiger partial charge is 0.313 e. The van der Waals surface area contributed by atoms with E-state index in [9.17, 15) is 21.6 Å². The SMILES string of the molecule is CC1NCCCC1NS(=O)(=O)c1ccc(C(F)(F)F)nc1.Cl. The summed E-state index contributed by atoms with van der Waals surface area (Å²) in [6.07, 6.45) is -2.34. The average molecular weight is 360 g/mol. The van der Waals surface area contributed by atoms with Gasteiger partial charge in [-0.3, -0.25) is 4.98 Å². The van der Waals surface area contributed by atoms with Crippen LogP contribution >= 0.6 is 12.4 Å². The summed E-state index contributed by atoms with van der Waals surface area (Å²) < 4.78 is 64.0. The van der Waals surface area contributed by atoms with Crippen molar-refractivity contribution in [3.8, 4) is 0 Å². The molecule has 0 aliphatic carbocycles. The van der Waals surface area contributed by atoms with Crippen molar-refractivity contribution in [2.24, 2.45) is 0 Å². The number of rotatable bonds is 3. The Morgan fingerprint density at radius 1 is 1.36 bits per heavy atom. The molecule has 5 nitrogen and oxygen atoms in total. The van der Waals surface area contributed by atoms with Gasteiger partial charge in [-0.2, -0.15) is 13.2 Å². The molecule has 126 valence electrons. The van der Waals surface area contributed by atoms with Crippen LogP contribution < -0.4 is 10.0 Å². The van der Waals surface area contributed by atoms with E-state index < -0.39 is 21.9 Å². The van der Waals surface area contributed by atoms with Gasteiger partial charge in [-0.25, -0.2) is 13.1 Å². The minimum atomic E-state index is -4.59. The number of hydrogen-bond donors (Lipinski definition) is 2. The van der Waals surface area contributed by atoms with E-state index in [0.29, 0.717) is 12.5 Å². The second kappa shape index (κ2) is 7.12. The van der Waals surface area contributed by atoms with Gasteiger partial charge in [0.15, 0.2) is 0 Å². The maximum absolute atomic E-state index is 12.4. The van der Waals surface area contributed by atoms with E-state index in [2.05, 4.69) is 15.0 Å². The van der Waals surface area contributed by atoms with Crippen LogP contribution in [0.1, 0.15) is 25.5 Å². The van der Waals surface area contributed by atoms with Crippen LogP contribution in [0.4, 0.5) is 13.2 Å². The van der Waals surface area contributed by atoms with E-state index in [-0.39, 0.29) is 29.4 Å². The highest BCUT2D eigenvalue weighted by atomic mass is 35.5. The predicted octanol–water partition coefficient (Wildman–Crippen LogP) is 1.94. The lowest BCUT2D eigenvalue weighted by Gasteiger charge is -2.30. The minimum Gasteiger partial charge on any atom is -0.313 e.